The number of halogens is 2. The first kappa shape index (κ1) is 15.5. The Kier molecular flexibility index (Phi) is 4.97. The molecule has 0 heterocycles. The summed E-state index contributed by atoms with van der Waals surface area (Å²) in [6.07, 6.45) is 0.519. The summed E-state index contributed by atoms with van der Waals surface area (Å²) in [6, 6.07) is 12.0. The largest absolute Gasteiger partial charge is 0.481 e. The number of aliphatic carboxylic acids is 1. The van der Waals surface area contributed by atoms with E-state index in [9.17, 15) is 14.3 Å². The SMILES string of the molecule is Cc1cccc(CC(Cc2ccc(Cl)cc2F)C(=O)O)c1. The van der Waals surface area contributed by atoms with Crippen molar-refractivity contribution in [1.82, 2.24) is 0 Å². The molecule has 2 rings (SSSR count). The van der Waals surface area contributed by atoms with Crippen LogP contribution in [0.1, 0.15) is 16.7 Å². The third-order valence-electron chi connectivity index (χ3n) is 3.40. The summed E-state index contributed by atoms with van der Waals surface area (Å²) < 4.78 is 13.8. The van der Waals surface area contributed by atoms with Gasteiger partial charge >= 0.3 is 5.97 Å². The van der Waals surface area contributed by atoms with Crippen LogP contribution < -0.4 is 0 Å². The summed E-state index contributed by atoms with van der Waals surface area (Å²) >= 11 is 5.71. The second kappa shape index (κ2) is 6.72. The molecule has 0 aromatic heterocycles. The van der Waals surface area contributed by atoms with Gasteiger partial charge < -0.3 is 5.11 Å². The highest BCUT2D eigenvalue weighted by Gasteiger charge is 2.20. The van der Waals surface area contributed by atoms with Crippen LogP contribution in [0.15, 0.2) is 42.5 Å². The molecule has 0 radical (unpaired) electrons. The summed E-state index contributed by atoms with van der Waals surface area (Å²) in [5.41, 5.74) is 2.39. The molecule has 0 saturated carbocycles. The lowest BCUT2D eigenvalue weighted by Crippen LogP contribution is -2.19. The van der Waals surface area contributed by atoms with E-state index in [1.165, 1.54) is 6.07 Å². The average molecular weight is 307 g/mol. The van der Waals surface area contributed by atoms with Gasteiger partial charge in [0.25, 0.3) is 0 Å². The molecule has 110 valence electrons. The number of carboxylic acids is 1. The molecular weight excluding hydrogens is 291 g/mol. The first-order valence-electron chi connectivity index (χ1n) is 6.68. The van der Waals surface area contributed by atoms with Crippen LogP contribution in [-0.4, -0.2) is 11.1 Å². The van der Waals surface area contributed by atoms with Crippen molar-refractivity contribution in [1.29, 1.82) is 0 Å². The smallest absolute Gasteiger partial charge is 0.307 e. The lowest BCUT2D eigenvalue weighted by atomic mass is 9.92. The minimum absolute atomic E-state index is 0.145. The van der Waals surface area contributed by atoms with E-state index in [4.69, 9.17) is 11.6 Å². The van der Waals surface area contributed by atoms with E-state index in [2.05, 4.69) is 0 Å². The Morgan fingerprint density at radius 3 is 2.62 bits per heavy atom. The Hall–Kier alpha value is -1.87. The standard InChI is InChI=1S/C17H16ClFO2/c1-11-3-2-4-12(7-11)8-14(17(20)21)9-13-5-6-15(18)10-16(13)19/h2-7,10,14H,8-9H2,1H3,(H,20,21). The second-order valence-corrected chi connectivity index (χ2v) is 5.60. The number of carbonyl (C=O) groups is 1. The van der Waals surface area contributed by atoms with E-state index in [0.717, 1.165) is 11.1 Å². The van der Waals surface area contributed by atoms with Crippen molar-refractivity contribution < 1.29 is 14.3 Å². The zero-order valence-electron chi connectivity index (χ0n) is 11.6. The highest BCUT2D eigenvalue weighted by atomic mass is 35.5. The third kappa shape index (κ3) is 4.30. The Morgan fingerprint density at radius 2 is 2.00 bits per heavy atom. The molecule has 1 unspecified atom stereocenters. The minimum Gasteiger partial charge on any atom is -0.481 e. The van der Waals surface area contributed by atoms with Crippen molar-refractivity contribution in [3.8, 4) is 0 Å². The number of aryl methyl sites for hydroxylation is 1. The summed E-state index contributed by atoms with van der Waals surface area (Å²) in [4.78, 5) is 11.4. The molecule has 0 aliphatic carbocycles. The lowest BCUT2D eigenvalue weighted by Gasteiger charge is -2.13. The van der Waals surface area contributed by atoms with Crippen molar-refractivity contribution in [2.24, 2.45) is 5.92 Å². The molecular formula is C17H16ClFO2. The van der Waals surface area contributed by atoms with Gasteiger partial charge in [-0.15, -0.1) is 0 Å². The van der Waals surface area contributed by atoms with Crippen LogP contribution in [0, 0.1) is 18.7 Å². The fourth-order valence-corrected chi connectivity index (χ4v) is 2.48. The van der Waals surface area contributed by atoms with E-state index >= 15 is 0 Å². The Balaban J connectivity index is 2.18. The van der Waals surface area contributed by atoms with Gasteiger partial charge in [-0.25, -0.2) is 4.39 Å². The van der Waals surface area contributed by atoms with Gasteiger partial charge in [-0.2, -0.15) is 0 Å². The molecule has 21 heavy (non-hydrogen) atoms. The maximum Gasteiger partial charge on any atom is 0.307 e. The molecule has 0 amide bonds. The fraction of sp³-hybridized carbons (Fsp3) is 0.235. The maximum atomic E-state index is 13.8. The quantitative estimate of drug-likeness (QED) is 0.895. The molecule has 0 bridgehead atoms. The van der Waals surface area contributed by atoms with Gasteiger partial charge in [-0.1, -0.05) is 47.5 Å². The molecule has 0 aliphatic rings. The topological polar surface area (TPSA) is 37.3 Å². The van der Waals surface area contributed by atoms with Gasteiger partial charge in [0.05, 0.1) is 5.92 Å². The molecule has 0 aliphatic heterocycles. The highest BCUT2D eigenvalue weighted by Crippen LogP contribution is 2.20. The first-order chi connectivity index (χ1) is 9.95. The fourth-order valence-electron chi connectivity index (χ4n) is 2.32. The monoisotopic (exact) mass is 306 g/mol. The third-order valence-corrected chi connectivity index (χ3v) is 3.63. The highest BCUT2D eigenvalue weighted by molar-refractivity contribution is 6.30. The molecule has 2 aromatic carbocycles. The van der Waals surface area contributed by atoms with Crippen molar-refractivity contribution in [3.05, 3.63) is 70.0 Å². The minimum atomic E-state index is -0.925. The van der Waals surface area contributed by atoms with Gasteiger partial charge in [0.2, 0.25) is 0 Å². The Morgan fingerprint density at radius 1 is 1.24 bits per heavy atom. The first-order valence-corrected chi connectivity index (χ1v) is 7.06. The van der Waals surface area contributed by atoms with Crippen LogP contribution in [0.2, 0.25) is 5.02 Å². The van der Waals surface area contributed by atoms with Crippen LogP contribution in [0.5, 0.6) is 0 Å². The van der Waals surface area contributed by atoms with Gasteiger partial charge in [0.15, 0.2) is 0 Å². The van der Waals surface area contributed by atoms with Gasteiger partial charge in [-0.3, -0.25) is 4.79 Å². The van der Waals surface area contributed by atoms with Crippen molar-refractivity contribution >= 4 is 17.6 Å². The molecule has 2 nitrogen and oxygen atoms in total. The summed E-state index contributed by atoms with van der Waals surface area (Å²) in [6.45, 7) is 1.96. The van der Waals surface area contributed by atoms with E-state index in [1.54, 1.807) is 12.1 Å². The molecule has 4 heteroatoms. The van der Waals surface area contributed by atoms with Gasteiger partial charge in [0.1, 0.15) is 5.82 Å². The summed E-state index contributed by atoms with van der Waals surface area (Å²) in [7, 11) is 0. The summed E-state index contributed by atoms with van der Waals surface area (Å²) in [5, 5.41) is 9.67. The van der Waals surface area contributed by atoms with Crippen molar-refractivity contribution in [3.63, 3.8) is 0 Å². The normalized spacial score (nSPS) is 12.1. The second-order valence-electron chi connectivity index (χ2n) is 5.17. The average Bonchev–Trinajstić information content (AvgIpc) is 2.40. The van der Waals surface area contributed by atoms with Gasteiger partial charge in [-0.05, 0) is 43.0 Å². The van der Waals surface area contributed by atoms with Crippen molar-refractivity contribution in [2.75, 3.05) is 0 Å². The van der Waals surface area contributed by atoms with Gasteiger partial charge in [0, 0.05) is 5.02 Å². The van der Waals surface area contributed by atoms with Crippen LogP contribution >= 0.6 is 11.6 Å². The predicted molar refractivity (Wildman–Crippen MR) is 81.1 cm³/mol. The number of hydrogen-bond acceptors (Lipinski definition) is 1. The number of carboxylic acid groups (broad SMARTS) is 1. The summed E-state index contributed by atoms with van der Waals surface area (Å²) in [5.74, 6) is -2.05. The van der Waals surface area contributed by atoms with Crippen LogP contribution in [0.25, 0.3) is 0 Å². The maximum absolute atomic E-state index is 13.8. The van der Waals surface area contributed by atoms with Crippen LogP contribution in [0.3, 0.4) is 0 Å². The molecule has 1 atom stereocenters. The Labute approximate surface area is 128 Å². The number of benzene rings is 2. The molecule has 0 saturated heterocycles. The van der Waals surface area contributed by atoms with Crippen LogP contribution in [0.4, 0.5) is 4.39 Å². The van der Waals surface area contributed by atoms with Crippen molar-refractivity contribution in [2.45, 2.75) is 19.8 Å². The van der Waals surface area contributed by atoms with E-state index in [-0.39, 0.29) is 6.42 Å². The Bertz CT molecular complexity index is 655. The molecule has 2 aromatic rings. The zero-order chi connectivity index (χ0) is 15.4. The number of rotatable bonds is 5. The molecule has 0 spiro atoms. The number of hydrogen-bond donors (Lipinski definition) is 1. The van der Waals surface area contributed by atoms with E-state index in [1.807, 2.05) is 31.2 Å². The molecule has 1 N–H and O–H groups in total. The zero-order valence-corrected chi connectivity index (χ0v) is 12.4. The predicted octanol–water partition coefficient (Wildman–Crippen LogP) is 4.27. The lowest BCUT2D eigenvalue weighted by molar-refractivity contribution is -0.141. The van der Waals surface area contributed by atoms with E-state index in [0.29, 0.717) is 17.0 Å². The molecule has 0 fully saturated rings. The van der Waals surface area contributed by atoms with E-state index < -0.39 is 17.7 Å². The van der Waals surface area contributed by atoms with Crippen LogP contribution in [-0.2, 0) is 17.6 Å².